The zero-order valence-electron chi connectivity index (χ0n) is 17.2. The average molecular weight is 446 g/mol. The van der Waals surface area contributed by atoms with Crippen LogP contribution in [0.5, 0.6) is 0 Å². The molecule has 3 N–H and O–H groups in total. The minimum Gasteiger partial charge on any atom is -0.477 e. The lowest BCUT2D eigenvalue weighted by Crippen LogP contribution is -2.63. The molecular weight excluding hydrogens is 416 g/mol. The van der Waals surface area contributed by atoms with Crippen LogP contribution in [0.3, 0.4) is 0 Å². The number of aliphatic hydroxyl groups is 1. The van der Waals surface area contributed by atoms with Gasteiger partial charge in [-0.2, -0.15) is 0 Å². The van der Waals surface area contributed by atoms with Crippen LogP contribution in [-0.4, -0.2) is 87.9 Å². The van der Waals surface area contributed by atoms with E-state index < -0.39 is 29.8 Å². The molecule has 6 atom stereocenters. The van der Waals surface area contributed by atoms with Gasteiger partial charge < -0.3 is 25.3 Å². The van der Waals surface area contributed by atoms with Crippen molar-refractivity contribution in [2.24, 2.45) is 17.8 Å². The molecule has 168 valence electrons. The Bertz CT molecular complexity index is 762. The molecule has 30 heavy (non-hydrogen) atoms. The Labute approximate surface area is 178 Å². The van der Waals surface area contributed by atoms with Crippen LogP contribution in [0.15, 0.2) is 10.6 Å². The second-order valence-corrected chi connectivity index (χ2v) is 10.3. The number of fused-ring (bicyclic) bond motifs is 1. The predicted molar refractivity (Wildman–Crippen MR) is 108 cm³/mol. The van der Waals surface area contributed by atoms with Gasteiger partial charge in [-0.3, -0.25) is 4.79 Å². The number of aliphatic carboxylic acids is 1. The molecule has 0 aromatic heterocycles. The van der Waals surface area contributed by atoms with Crippen molar-refractivity contribution in [1.29, 1.82) is 0 Å². The number of carbonyl (C=O) groups is 2. The van der Waals surface area contributed by atoms with Crippen molar-refractivity contribution < 1.29 is 28.6 Å². The Hall–Kier alpha value is -1.23. The fourth-order valence-corrected chi connectivity index (χ4v) is 6.86. The lowest BCUT2D eigenvalue weighted by molar-refractivity contribution is -0.163. The molecule has 4 aliphatic rings. The number of halogens is 2. The summed E-state index contributed by atoms with van der Waals surface area (Å²) in [5.41, 5.74) is 0.0303. The van der Waals surface area contributed by atoms with Gasteiger partial charge in [-0.1, -0.05) is 6.92 Å². The van der Waals surface area contributed by atoms with Gasteiger partial charge in [0.25, 0.3) is 5.92 Å². The number of rotatable bonds is 6. The highest BCUT2D eigenvalue weighted by Gasteiger charge is 2.60. The molecule has 4 heterocycles. The summed E-state index contributed by atoms with van der Waals surface area (Å²) in [6.07, 6.45) is 0.420. The van der Waals surface area contributed by atoms with Gasteiger partial charge in [0.05, 0.1) is 24.6 Å². The largest absolute Gasteiger partial charge is 0.477 e. The standard InChI is InChI=1S/C20H29F2N3O4S/c1-10-15-14(11(2)26)18(27)25(15)16(19(28)29)17(10)30-13-4-6-24(8-13)7-12-3-5-23-9-20(12,21)22/h10-15,23,26H,3-9H2,1-2H3,(H,28,29)/t10-,11?,12?,13-,14-,15-/m1/s1. The maximum Gasteiger partial charge on any atom is 0.353 e. The van der Waals surface area contributed by atoms with Crippen molar-refractivity contribution >= 4 is 23.6 Å². The summed E-state index contributed by atoms with van der Waals surface area (Å²) in [7, 11) is 0. The van der Waals surface area contributed by atoms with E-state index in [1.165, 1.54) is 16.7 Å². The number of nitrogens with zero attached hydrogens (tertiary/aromatic N) is 2. The number of hydrogen-bond acceptors (Lipinski definition) is 6. The molecule has 0 aromatic rings. The smallest absolute Gasteiger partial charge is 0.353 e. The van der Waals surface area contributed by atoms with Gasteiger partial charge in [-0.15, -0.1) is 11.8 Å². The molecule has 0 saturated carbocycles. The summed E-state index contributed by atoms with van der Waals surface area (Å²) in [6.45, 7) is 5.49. The Morgan fingerprint density at radius 3 is 2.77 bits per heavy atom. The monoisotopic (exact) mass is 445 g/mol. The predicted octanol–water partition coefficient (Wildman–Crippen LogP) is 1.19. The van der Waals surface area contributed by atoms with Crippen LogP contribution in [0.25, 0.3) is 0 Å². The number of alkyl halides is 2. The van der Waals surface area contributed by atoms with E-state index in [1.807, 2.05) is 6.92 Å². The Morgan fingerprint density at radius 1 is 1.40 bits per heavy atom. The van der Waals surface area contributed by atoms with Crippen molar-refractivity contribution in [3.63, 3.8) is 0 Å². The lowest BCUT2D eigenvalue weighted by atomic mass is 9.79. The number of carbonyl (C=O) groups excluding carboxylic acids is 1. The molecule has 0 spiro atoms. The number of piperidine rings is 1. The molecular formula is C20H29F2N3O4S. The summed E-state index contributed by atoms with van der Waals surface area (Å²) in [4.78, 5) is 28.4. The average Bonchev–Trinajstić information content (AvgIpc) is 3.18. The van der Waals surface area contributed by atoms with E-state index in [2.05, 4.69) is 10.2 Å². The Morgan fingerprint density at radius 2 is 2.13 bits per heavy atom. The maximum absolute atomic E-state index is 14.1. The summed E-state index contributed by atoms with van der Waals surface area (Å²) in [6, 6.07) is -0.322. The van der Waals surface area contributed by atoms with Crippen molar-refractivity contribution in [3.8, 4) is 0 Å². The molecule has 2 unspecified atom stereocenters. The number of amides is 1. The SMILES string of the molecule is CC(O)[C@H]1C(=O)N2C(C(=O)O)=C(S[C@@H]3CCN(CC4CCNCC4(F)F)C3)[C@H](C)[C@H]12. The molecule has 1 amide bonds. The number of likely N-dealkylation sites (tertiary alicyclic amines) is 1. The summed E-state index contributed by atoms with van der Waals surface area (Å²) >= 11 is 1.47. The van der Waals surface area contributed by atoms with Gasteiger partial charge in [0.2, 0.25) is 5.91 Å². The van der Waals surface area contributed by atoms with Crippen LogP contribution in [0.1, 0.15) is 26.7 Å². The fourth-order valence-electron chi connectivity index (χ4n) is 5.34. The highest BCUT2D eigenvalue weighted by Crippen LogP contribution is 2.52. The first-order chi connectivity index (χ1) is 14.1. The summed E-state index contributed by atoms with van der Waals surface area (Å²) in [5.74, 6) is -5.57. The lowest BCUT2D eigenvalue weighted by Gasteiger charge is -2.46. The molecule has 0 aromatic carbocycles. The molecule has 4 rings (SSSR count). The van der Waals surface area contributed by atoms with E-state index in [0.29, 0.717) is 37.5 Å². The second kappa shape index (κ2) is 8.03. The Balaban J connectivity index is 1.43. The number of nitrogens with one attached hydrogen (secondary N) is 1. The molecule has 0 aliphatic carbocycles. The zero-order chi connectivity index (χ0) is 21.8. The maximum atomic E-state index is 14.1. The number of hydrogen-bond donors (Lipinski definition) is 3. The third-order valence-corrected chi connectivity index (χ3v) is 8.48. The first-order valence-electron chi connectivity index (χ1n) is 10.6. The third-order valence-electron chi connectivity index (χ3n) is 6.94. The van der Waals surface area contributed by atoms with Crippen molar-refractivity contribution in [2.45, 2.75) is 50.0 Å². The van der Waals surface area contributed by atoms with E-state index in [1.54, 1.807) is 6.92 Å². The molecule has 3 saturated heterocycles. The molecule has 10 heteroatoms. The quantitative estimate of drug-likeness (QED) is 0.529. The number of aliphatic hydroxyl groups excluding tert-OH is 1. The van der Waals surface area contributed by atoms with Gasteiger partial charge in [0, 0.05) is 35.1 Å². The molecule has 7 nitrogen and oxygen atoms in total. The highest BCUT2D eigenvalue weighted by atomic mass is 32.2. The number of carboxylic acids is 1. The summed E-state index contributed by atoms with van der Waals surface area (Å²) < 4.78 is 28.3. The van der Waals surface area contributed by atoms with Crippen LogP contribution < -0.4 is 5.32 Å². The first-order valence-corrected chi connectivity index (χ1v) is 11.5. The van der Waals surface area contributed by atoms with Crippen molar-refractivity contribution in [2.75, 3.05) is 32.7 Å². The first kappa shape index (κ1) is 22.0. The van der Waals surface area contributed by atoms with Gasteiger partial charge >= 0.3 is 5.97 Å². The van der Waals surface area contributed by atoms with Gasteiger partial charge in [-0.05, 0) is 32.9 Å². The minimum absolute atomic E-state index is 0.0303. The van der Waals surface area contributed by atoms with Gasteiger partial charge in [0.1, 0.15) is 5.70 Å². The molecule has 0 bridgehead atoms. The van der Waals surface area contributed by atoms with Crippen LogP contribution in [-0.2, 0) is 9.59 Å². The van der Waals surface area contributed by atoms with E-state index in [0.717, 1.165) is 6.42 Å². The van der Waals surface area contributed by atoms with Gasteiger partial charge in [-0.25, -0.2) is 13.6 Å². The van der Waals surface area contributed by atoms with Crippen LogP contribution in [0.2, 0.25) is 0 Å². The summed E-state index contributed by atoms with van der Waals surface area (Å²) in [5, 5.41) is 22.5. The number of β-lactam (4-membered cyclic amide) rings is 1. The van der Waals surface area contributed by atoms with Crippen LogP contribution in [0.4, 0.5) is 8.78 Å². The zero-order valence-corrected chi connectivity index (χ0v) is 18.0. The topological polar surface area (TPSA) is 93.1 Å². The number of carboxylic acid groups (broad SMARTS) is 1. The molecule has 4 aliphatic heterocycles. The molecule has 3 fully saturated rings. The van der Waals surface area contributed by atoms with Crippen molar-refractivity contribution in [1.82, 2.24) is 15.1 Å². The highest BCUT2D eigenvalue weighted by molar-refractivity contribution is 8.03. The molecule has 0 radical (unpaired) electrons. The third kappa shape index (κ3) is 3.65. The minimum atomic E-state index is -2.70. The Kier molecular flexibility index (Phi) is 5.89. The van der Waals surface area contributed by atoms with Crippen LogP contribution >= 0.6 is 11.8 Å². The normalized spacial score (nSPS) is 37.3. The second-order valence-electron chi connectivity index (χ2n) is 8.98. The van der Waals surface area contributed by atoms with Gasteiger partial charge in [0.15, 0.2) is 0 Å². The van der Waals surface area contributed by atoms with E-state index in [9.17, 15) is 28.6 Å². The van der Waals surface area contributed by atoms with E-state index in [4.69, 9.17) is 0 Å². The van der Waals surface area contributed by atoms with E-state index in [-0.39, 0.29) is 35.4 Å². The number of thioether (sulfide) groups is 1. The van der Waals surface area contributed by atoms with Crippen LogP contribution in [0, 0.1) is 17.8 Å². The van der Waals surface area contributed by atoms with Crippen molar-refractivity contribution in [3.05, 3.63) is 10.6 Å². The van der Waals surface area contributed by atoms with E-state index >= 15 is 0 Å². The fraction of sp³-hybridized carbons (Fsp3) is 0.800.